The van der Waals surface area contributed by atoms with Crippen LogP contribution in [0, 0.1) is 0 Å². The van der Waals surface area contributed by atoms with Gasteiger partial charge in [-0.3, -0.25) is 0 Å². The Morgan fingerprint density at radius 3 is 1.86 bits per heavy atom. The van der Waals surface area contributed by atoms with Crippen LogP contribution in [0.2, 0.25) is 0 Å². The van der Waals surface area contributed by atoms with E-state index in [0.29, 0.717) is 0 Å². The Bertz CT molecular complexity index is 695. The average Bonchev–Trinajstić information content (AvgIpc) is 2.56. The van der Waals surface area contributed by atoms with Gasteiger partial charge in [-0.05, 0) is 43.2 Å². The third-order valence-corrected chi connectivity index (χ3v) is 4.20. The molecule has 0 amide bonds. The largest absolute Gasteiger partial charge is 0.341 e. The standard InChI is InChI=1S/C19H18N2/c1-20-16-11-5-7-13-18(16)21(15-9-3-2-4-10-15)19-14-8-6-12-17(19)20/h3,5-14H,2,4H2,1H3. The normalized spacial score (nSPS) is 16.3. The minimum absolute atomic E-state index is 1.11. The van der Waals surface area contributed by atoms with Crippen LogP contribution in [0.3, 0.4) is 0 Å². The van der Waals surface area contributed by atoms with Crippen molar-refractivity contribution in [2.45, 2.75) is 12.8 Å². The lowest BCUT2D eigenvalue weighted by atomic mass is 10.0. The molecule has 0 N–H and O–H groups in total. The van der Waals surface area contributed by atoms with Crippen LogP contribution in [0.4, 0.5) is 22.7 Å². The van der Waals surface area contributed by atoms with Gasteiger partial charge in [0.25, 0.3) is 0 Å². The molecule has 2 aromatic carbocycles. The van der Waals surface area contributed by atoms with Crippen molar-refractivity contribution in [3.63, 3.8) is 0 Å². The molecule has 0 spiro atoms. The van der Waals surface area contributed by atoms with Gasteiger partial charge in [0.05, 0.1) is 22.7 Å². The second-order valence-corrected chi connectivity index (χ2v) is 5.48. The van der Waals surface area contributed by atoms with E-state index in [1.165, 1.54) is 28.4 Å². The van der Waals surface area contributed by atoms with E-state index in [2.05, 4.69) is 83.6 Å². The van der Waals surface area contributed by atoms with Crippen LogP contribution in [0.15, 0.2) is 72.5 Å². The molecule has 104 valence electrons. The predicted octanol–water partition coefficient (Wildman–Crippen LogP) is 5.14. The van der Waals surface area contributed by atoms with E-state index in [0.717, 1.165) is 12.8 Å². The summed E-state index contributed by atoms with van der Waals surface area (Å²) in [4.78, 5) is 4.65. The molecule has 0 bridgehead atoms. The summed E-state index contributed by atoms with van der Waals surface area (Å²) >= 11 is 0. The zero-order valence-electron chi connectivity index (χ0n) is 12.2. The van der Waals surface area contributed by atoms with Gasteiger partial charge in [-0.2, -0.15) is 0 Å². The molecule has 2 heteroatoms. The van der Waals surface area contributed by atoms with Crippen LogP contribution >= 0.6 is 0 Å². The fourth-order valence-corrected chi connectivity index (χ4v) is 3.18. The fourth-order valence-electron chi connectivity index (χ4n) is 3.18. The number of nitrogens with zero attached hydrogens (tertiary/aromatic N) is 2. The number of anilines is 4. The molecule has 0 aromatic heterocycles. The molecule has 4 rings (SSSR count). The van der Waals surface area contributed by atoms with Crippen molar-refractivity contribution in [3.05, 3.63) is 72.5 Å². The number of fused-ring (bicyclic) bond motifs is 2. The predicted molar refractivity (Wildman–Crippen MR) is 89.5 cm³/mol. The Morgan fingerprint density at radius 2 is 1.33 bits per heavy atom. The minimum Gasteiger partial charge on any atom is -0.341 e. The number of allylic oxidation sites excluding steroid dienone is 3. The van der Waals surface area contributed by atoms with E-state index in [9.17, 15) is 0 Å². The maximum atomic E-state index is 2.38. The molecule has 1 aliphatic carbocycles. The van der Waals surface area contributed by atoms with Crippen molar-refractivity contribution >= 4 is 22.7 Å². The summed E-state index contributed by atoms with van der Waals surface area (Å²) in [6, 6.07) is 17.2. The quantitative estimate of drug-likeness (QED) is 0.710. The molecule has 2 nitrogen and oxygen atoms in total. The molecule has 0 radical (unpaired) electrons. The Hall–Kier alpha value is -2.48. The molecule has 2 aliphatic rings. The third kappa shape index (κ3) is 1.87. The Balaban J connectivity index is 1.96. The molecule has 0 saturated heterocycles. The number of hydrogen-bond donors (Lipinski definition) is 0. The van der Waals surface area contributed by atoms with Gasteiger partial charge in [0.1, 0.15) is 0 Å². The van der Waals surface area contributed by atoms with Crippen molar-refractivity contribution in [1.82, 2.24) is 0 Å². The summed E-state index contributed by atoms with van der Waals surface area (Å²) in [5, 5.41) is 0. The first kappa shape index (κ1) is 12.3. The van der Waals surface area contributed by atoms with E-state index in [1.54, 1.807) is 0 Å². The molecular weight excluding hydrogens is 256 g/mol. The minimum atomic E-state index is 1.11. The zero-order chi connectivity index (χ0) is 14.2. The molecule has 0 atom stereocenters. The summed E-state index contributed by atoms with van der Waals surface area (Å²) in [6.45, 7) is 0. The second kappa shape index (κ2) is 4.81. The zero-order valence-corrected chi connectivity index (χ0v) is 12.2. The van der Waals surface area contributed by atoms with Gasteiger partial charge >= 0.3 is 0 Å². The van der Waals surface area contributed by atoms with E-state index in [1.807, 2.05) is 0 Å². The van der Waals surface area contributed by atoms with Gasteiger partial charge in [-0.15, -0.1) is 0 Å². The summed E-state index contributed by atoms with van der Waals surface area (Å²) in [5.74, 6) is 0. The molecule has 0 saturated carbocycles. The van der Waals surface area contributed by atoms with Crippen LogP contribution in [-0.4, -0.2) is 7.05 Å². The average molecular weight is 274 g/mol. The summed E-state index contributed by atoms with van der Waals surface area (Å²) < 4.78 is 0. The molecule has 1 heterocycles. The van der Waals surface area contributed by atoms with E-state index in [-0.39, 0.29) is 0 Å². The highest BCUT2D eigenvalue weighted by Gasteiger charge is 2.27. The van der Waals surface area contributed by atoms with Crippen LogP contribution in [0.1, 0.15) is 12.8 Å². The van der Waals surface area contributed by atoms with Crippen LogP contribution in [0.5, 0.6) is 0 Å². The molecule has 0 fully saturated rings. The fraction of sp³-hybridized carbons (Fsp3) is 0.158. The van der Waals surface area contributed by atoms with Crippen LogP contribution < -0.4 is 9.80 Å². The molecule has 0 unspecified atom stereocenters. The first-order chi connectivity index (χ1) is 10.4. The van der Waals surface area contributed by atoms with Gasteiger partial charge in [-0.25, -0.2) is 0 Å². The monoisotopic (exact) mass is 274 g/mol. The molecule has 2 aromatic rings. The van der Waals surface area contributed by atoms with Gasteiger partial charge in [0, 0.05) is 12.7 Å². The van der Waals surface area contributed by atoms with Crippen LogP contribution in [0.25, 0.3) is 0 Å². The highest BCUT2D eigenvalue weighted by atomic mass is 15.3. The molecule has 21 heavy (non-hydrogen) atoms. The first-order valence-corrected chi connectivity index (χ1v) is 7.45. The van der Waals surface area contributed by atoms with Gasteiger partial charge in [0.15, 0.2) is 0 Å². The maximum absolute atomic E-state index is 2.38. The van der Waals surface area contributed by atoms with Crippen molar-refractivity contribution in [1.29, 1.82) is 0 Å². The van der Waals surface area contributed by atoms with E-state index in [4.69, 9.17) is 0 Å². The van der Waals surface area contributed by atoms with Crippen molar-refractivity contribution in [2.24, 2.45) is 0 Å². The SMILES string of the molecule is CN1c2ccccc2N(C2=CCCC=C2)c2ccccc21. The summed E-state index contributed by atoms with van der Waals surface area (Å²) in [5.41, 5.74) is 6.26. The van der Waals surface area contributed by atoms with Crippen molar-refractivity contribution in [3.8, 4) is 0 Å². The topological polar surface area (TPSA) is 6.48 Å². The van der Waals surface area contributed by atoms with E-state index < -0.39 is 0 Å². The second-order valence-electron chi connectivity index (χ2n) is 5.48. The number of para-hydroxylation sites is 4. The van der Waals surface area contributed by atoms with Crippen molar-refractivity contribution < 1.29 is 0 Å². The summed E-state index contributed by atoms with van der Waals surface area (Å²) in [6.07, 6.45) is 9.09. The molecule has 1 aliphatic heterocycles. The smallest absolute Gasteiger partial charge is 0.0699 e. The summed E-state index contributed by atoms with van der Waals surface area (Å²) in [7, 11) is 2.14. The first-order valence-electron chi connectivity index (χ1n) is 7.45. The number of rotatable bonds is 1. The number of benzene rings is 2. The van der Waals surface area contributed by atoms with Gasteiger partial charge < -0.3 is 9.80 Å². The Labute approximate surface area is 125 Å². The maximum Gasteiger partial charge on any atom is 0.0699 e. The Morgan fingerprint density at radius 1 is 0.762 bits per heavy atom. The number of hydrogen-bond acceptors (Lipinski definition) is 2. The highest BCUT2D eigenvalue weighted by molar-refractivity contribution is 5.95. The Kier molecular flexibility index (Phi) is 2.81. The van der Waals surface area contributed by atoms with Crippen LogP contribution in [-0.2, 0) is 0 Å². The third-order valence-electron chi connectivity index (χ3n) is 4.20. The van der Waals surface area contributed by atoms with Crippen molar-refractivity contribution in [2.75, 3.05) is 16.8 Å². The lowest BCUT2D eigenvalue weighted by molar-refractivity contribution is 0.989. The van der Waals surface area contributed by atoms with Gasteiger partial charge in [-0.1, -0.05) is 36.4 Å². The van der Waals surface area contributed by atoms with E-state index >= 15 is 0 Å². The highest BCUT2D eigenvalue weighted by Crippen LogP contribution is 2.48. The lowest BCUT2D eigenvalue weighted by Gasteiger charge is -2.39. The van der Waals surface area contributed by atoms with Gasteiger partial charge in [0.2, 0.25) is 0 Å². The lowest BCUT2D eigenvalue weighted by Crippen LogP contribution is -2.26. The molecular formula is C19H18N2.